The molecule has 0 saturated heterocycles. The minimum atomic E-state index is 0. The van der Waals surface area contributed by atoms with Gasteiger partial charge in [0.05, 0.1) is 0 Å². The van der Waals surface area contributed by atoms with Gasteiger partial charge in [0.1, 0.15) is 0 Å². The molecule has 0 aromatic rings. The van der Waals surface area contributed by atoms with E-state index < -0.39 is 0 Å². The standard InChI is InChI=1S/C3H8O2.Y/c4-2-1-3-5;/h4-5H,1-3H2;. The molecule has 0 bridgehead atoms. The van der Waals surface area contributed by atoms with Crippen LogP contribution in [0.4, 0.5) is 0 Å². The Balaban J connectivity index is 0. The number of aliphatic hydroxyl groups excluding tert-OH is 2. The van der Waals surface area contributed by atoms with Crippen molar-refractivity contribution in [1.82, 2.24) is 0 Å². The summed E-state index contributed by atoms with van der Waals surface area (Å²) in [5.74, 6) is 0. The van der Waals surface area contributed by atoms with E-state index in [4.69, 9.17) is 10.2 Å². The first-order chi connectivity index (χ1) is 2.41. The summed E-state index contributed by atoms with van der Waals surface area (Å²) in [5, 5.41) is 15.8. The van der Waals surface area contributed by atoms with Gasteiger partial charge in [0.25, 0.3) is 0 Å². The van der Waals surface area contributed by atoms with Crippen molar-refractivity contribution < 1.29 is 42.9 Å². The maximum Gasteiger partial charge on any atom is 0.0452 e. The summed E-state index contributed by atoms with van der Waals surface area (Å²) in [7, 11) is 0. The molecule has 0 aliphatic rings. The van der Waals surface area contributed by atoms with Gasteiger partial charge in [-0.2, -0.15) is 0 Å². The van der Waals surface area contributed by atoms with Crippen molar-refractivity contribution in [3.05, 3.63) is 0 Å². The van der Waals surface area contributed by atoms with E-state index >= 15 is 0 Å². The summed E-state index contributed by atoms with van der Waals surface area (Å²) in [6.07, 6.45) is 0.500. The van der Waals surface area contributed by atoms with E-state index in [1.807, 2.05) is 0 Å². The van der Waals surface area contributed by atoms with Crippen LogP contribution in [0.1, 0.15) is 6.42 Å². The molecule has 0 aromatic carbocycles. The van der Waals surface area contributed by atoms with Gasteiger partial charge in [-0.3, -0.25) is 0 Å². The van der Waals surface area contributed by atoms with Crippen LogP contribution >= 0.6 is 0 Å². The predicted octanol–water partition coefficient (Wildman–Crippen LogP) is -0.641. The van der Waals surface area contributed by atoms with E-state index in [0.29, 0.717) is 6.42 Å². The number of rotatable bonds is 2. The maximum absolute atomic E-state index is 7.91. The molecule has 0 heterocycles. The monoisotopic (exact) mass is 165 g/mol. The van der Waals surface area contributed by atoms with E-state index in [2.05, 4.69) is 0 Å². The molecule has 2 nitrogen and oxygen atoms in total. The van der Waals surface area contributed by atoms with Gasteiger partial charge in [-0.25, -0.2) is 0 Å². The number of hydrogen-bond acceptors (Lipinski definition) is 2. The maximum atomic E-state index is 7.91. The molecule has 0 spiro atoms. The molecule has 0 unspecified atom stereocenters. The minimum absolute atomic E-state index is 0. The number of hydrogen-bond donors (Lipinski definition) is 2. The van der Waals surface area contributed by atoms with Gasteiger partial charge in [0.2, 0.25) is 0 Å². The van der Waals surface area contributed by atoms with Crippen LogP contribution in [-0.2, 0) is 32.7 Å². The molecule has 0 rings (SSSR count). The molecule has 0 fully saturated rings. The van der Waals surface area contributed by atoms with Crippen molar-refractivity contribution >= 4 is 0 Å². The summed E-state index contributed by atoms with van der Waals surface area (Å²) >= 11 is 0. The van der Waals surface area contributed by atoms with Gasteiger partial charge in [-0.15, -0.1) is 0 Å². The zero-order chi connectivity index (χ0) is 4.12. The van der Waals surface area contributed by atoms with E-state index in [-0.39, 0.29) is 45.9 Å². The van der Waals surface area contributed by atoms with Crippen molar-refractivity contribution in [3.63, 3.8) is 0 Å². The Morgan fingerprint density at radius 1 is 1.00 bits per heavy atom. The van der Waals surface area contributed by atoms with E-state index in [9.17, 15) is 0 Å². The van der Waals surface area contributed by atoms with Gasteiger partial charge >= 0.3 is 0 Å². The molecule has 0 aliphatic carbocycles. The molecule has 6 heavy (non-hydrogen) atoms. The average molecular weight is 165 g/mol. The largest absolute Gasteiger partial charge is 0.396 e. The van der Waals surface area contributed by atoms with Crippen LogP contribution in [0, 0.1) is 0 Å². The third kappa shape index (κ3) is 8.90. The van der Waals surface area contributed by atoms with Crippen molar-refractivity contribution in [2.75, 3.05) is 13.2 Å². The third-order valence-electron chi connectivity index (χ3n) is 0.316. The molecule has 35 valence electrons. The van der Waals surface area contributed by atoms with Gasteiger partial charge in [0, 0.05) is 45.9 Å². The topological polar surface area (TPSA) is 40.5 Å². The van der Waals surface area contributed by atoms with Crippen molar-refractivity contribution in [3.8, 4) is 0 Å². The van der Waals surface area contributed by atoms with Crippen LogP contribution in [0.2, 0.25) is 0 Å². The molecule has 0 aromatic heterocycles. The smallest absolute Gasteiger partial charge is 0.0452 e. The Labute approximate surface area is 62.4 Å². The third-order valence-corrected chi connectivity index (χ3v) is 0.316. The van der Waals surface area contributed by atoms with Gasteiger partial charge < -0.3 is 10.2 Å². The van der Waals surface area contributed by atoms with E-state index in [0.717, 1.165) is 0 Å². The zero-order valence-corrected chi connectivity index (χ0v) is 6.43. The van der Waals surface area contributed by atoms with Crippen LogP contribution in [0.15, 0.2) is 0 Å². The predicted molar refractivity (Wildman–Crippen MR) is 18.8 cm³/mol. The fraction of sp³-hybridized carbons (Fsp3) is 1.00. The Morgan fingerprint density at radius 2 is 1.33 bits per heavy atom. The van der Waals surface area contributed by atoms with Crippen molar-refractivity contribution in [1.29, 1.82) is 0 Å². The average Bonchev–Trinajstić information content (AvgIpc) is 1.41. The van der Waals surface area contributed by atoms with Crippen molar-refractivity contribution in [2.45, 2.75) is 6.42 Å². The molecule has 0 saturated carbocycles. The molecule has 0 aliphatic heterocycles. The van der Waals surface area contributed by atoms with Crippen LogP contribution in [0.5, 0.6) is 0 Å². The summed E-state index contributed by atoms with van der Waals surface area (Å²) in [6, 6.07) is 0. The molecular formula is C3H8O2Y. The molecule has 0 amide bonds. The van der Waals surface area contributed by atoms with Crippen LogP contribution < -0.4 is 0 Å². The summed E-state index contributed by atoms with van der Waals surface area (Å²) in [5.41, 5.74) is 0. The Bertz CT molecular complexity index is 16.3. The summed E-state index contributed by atoms with van der Waals surface area (Å²) in [6.45, 7) is 0.188. The number of aliphatic hydroxyl groups is 2. The van der Waals surface area contributed by atoms with Crippen LogP contribution in [0.25, 0.3) is 0 Å². The molecule has 2 N–H and O–H groups in total. The molecular weight excluding hydrogens is 157 g/mol. The second-order valence-electron chi connectivity index (χ2n) is 0.801. The van der Waals surface area contributed by atoms with Crippen molar-refractivity contribution in [2.24, 2.45) is 0 Å². The molecule has 1 radical (unpaired) electrons. The van der Waals surface area contributed by atoms with Gasteiger partial charge in [-0.1, -0.05) is 0 Å². The Kier molecular flexibility index (Phi) is 15.8. The van der Waals surface area contributed by atoms with E-state index in [1.54, 1.807) is 0 Å². The fourth-order valence-corrected chi connectivity index (χ4v) is 0.0707. The van der Waals surface area contributed by atoms with Gasteiger partial charge in [-0.05, 0) is 6.42 Å². The SMILES string of the molecule is OCCCO.[Y]. The minimum Gasteiger partial charge on any atom is -0.396 e. The van der Waals surface area contributed by atoms with E-state index in [1.165, 1.54) is 0 Å². The summed E-state index contributed by atoms with van der Waals surface area (Å²) in [4.78, 5) is 0. The zero-order valence-electron chi connectivity index (χ0n) is 3.59. The first kappa shape index (κ1) is 10.1. The second-order valence-corrected chi connectivity index (χ2v) is 0.801. The normalized spacial score (nSPS) is 7.00. The van der Waals surface area contributed by atoms with Crippen LogP contribution in [0.3, 0.4) is 0 Å². The fourth-order valence-electron chi connectivity index (χ4n) is 0.0707. The van der Waals surface area contributed by atoms with Gasteiger partial charge in [0.15, 0.2) is 0 Å². The Hall–Kier alpha value is 1.02. The first-order valence-corrected chi connectivity index (χ1v) is 1.63. The second kappa shape index (κ2) is 9.39. The first-order valence-electron chi connectivity index (χ1n) is 1.63. The molecule has 0 atom stereocenters. The molecule has 3 heteroatoms. The summed E-state index contributed by atoms with van der Waals surface area (Å²) < 4.78 is 0. The quantitative estimate of drug-likeness (QED) is 0.571. The van der Waals surface area contributed by atoms with Crippen LogP contribution in [-0.4, -0.2) is 23.4 Å². The Morgan fingerprint density at radius 3 is 1.33 bits per heavy atom.